The second kappa shape index (κ2) is 6.06. The summed E-state index contributed by atoms with van der Waals surface area (Å²) >= 11 is 0. The first-order valence-electron chi connectivity index (χ1n) is 7.10. The molecule has 1 aliphatic heterocycles. The van der Waals surface area contributed by atoms with Crippen molar-refractivity contribution in [2.45, 2.75) is 20.0 Å². The number of rotatable bonds is 4. The van der Waals surface area contributed by atoms with E-state index in [1.807, 2.05) is 37.3 Å². The second-order valence-corrected chi connectivity index (χ2v) is 5.21. The van der Waals surface area contributed by atoms with Crippen LogP contribution < -0.4 is 14.8 Å². The lowest BCUT2D eigenvalue weighted by Crippen LogP contribution is -2.16. The van der Waals surface area contributed by atoms with Crippen LogP contribution in [0.5, 0.6) is 17.2 Å². The van der Waals surface area contributed by atoms with E-state index in [1.54, 1.807) is 6.07 Å². The van der Waals surface area contributed by atoms with Gasteiger partial charge in [-0.1, -0.05) is 23.8 Å². The van der Waals surface area contributed by atoms with Crippen molar-refractivity contribution in [1.29, 1.82) is 0 Å². The van der Waals surface area contributed by atoms with E-state index < -0.39 is 0 Å². The van der Waals surface area contributed by atoms with Crippen molar-refractivity contribution in [2.24, 2.45) is 0 Å². The largest absolute Gasteiger partial charge is 0.508 e. The molecule has 0 saturated carbocycles. The summed E-state index contributed by atoms with van der Waals surface area (Å²) in [4.78, 5) is 0. The molecule has 4 heteroatoms. The molecule has 0 saturated heterocycles. The number of ether oxygens (including phenoxy) is 2. The van der Waals surface area contributed by atoms with Crippen LogP contribution in [0.4, 0.5) is 0 Å². The number of benzene rings is 2. The van der Waals surface area contributed by atoms with Gasteiger partial charge < -0.3 is 19.9 Å². The number of phenols is 1. The van der Waals surface area contributed by atoms with Crippen molar-refractivity contribution >= 4 is 0 Å². The van der Waals surface area contributed by atoms with Gasteiger partial charge in [0.2, 0.25) is 0 Å². The molecule has 1 heterocycles. The zero-order chi connectivity index (χ0) is 14.7. The van der Waals surface area contributed by atoms with E-state index in [-0.39, 0.29) is 0 Å². The standard InChI is InChI=1S/C17H19NO3/c1-12-2-4-15(19)14(8-12)11-18-10-13-3-5-16-17(9-13)21-7-6-20-16/h2-5,8-9,18-19H,6-7,10-11H2,1H3. The molecular formula is C17H19NO3. The number of aryl methyl sites for hydroxylation is 1. The Morgan fingerprint density at radius 3 is 2.67 bits per heavy atom. The van der Waals surface area contributed by atoms with Crippen molar-refractivity contribution in [3.8, 4) is 17.2 Å². The van der Waals surface area contributed by atoms with Crippen molar-refractivity contribution in [2.75, 3.05) is 13.2 Å². The highest BCUT2D eigenvalue weighted by atomic mass is 16.6. The Bertz CT molecular complexity index is 640. The van der Waals surface area contributed by atoms with Gasteiger partial charge in [0.1, 0.15) is 19.0 Å². The molecular weight excluding hydrogens is 266 g/mol. The highest BCUT2D eigenvalue weighted by Gasteiger charge is 2.11. The highest BCUT2D eigenvalue weighted by Crippen LogP contribution is 2.30. The summed E-state index contributed by atoms with van der Waals surface area (Å²) in [7, 11) is 0. The van der Waals surface area contributed by atoms with Crippen molar-refractivity contribution < 1.29 is 14.6 Å². The van der Waals surface area contributed by atoms with Gasteiger partial charge in [-0.25, -0.2) is 0 Å². The van der Waals surface area contributed by atoms with Crippen LogP contribution in [0, 0.1) is 6.92 Å². The summed E-state index contributed by atoms with van der Waals surface area (Å²) in [5.41, 5.74) is 3.18. The first kappa shape index (κ1) is 13.8. The maximum Gasteiger partial charge on any atom is 0.161 e. The minimum Gasteiger partial charge on any atom is -0.508 e. The second-order valence-electron chi connectivity index (χ2n) is 5.21. The van der Waals surface area contributed by atoms with Gasteiger partial charge in [-0.15, -0.1) is 0 Å². The van der Waals surface area contributed by atoms with Crippen molar-refractivity contribution in [3.63, 3.8) is 0 Å². The van der Waals surface area contributed by atoms with Crippen LogP contribution in [-0.4, -0.2) is 18.3 Å². The van der Waals surface area contributed by atoms with E-state index in [1.165, 1.54) is 0 Å². The van der Waals surface area contributed by atoms with E-state index in [2.05, 4.69) is 5.32 Å². The monoisotopic (exact) mass is 285 g/mol. The van der Waals surface area contributed by atoms with E-state index in [0.29, 0.717) is 32.1 Å². The van der Waals surface area contributed by atoms with E-state index in [0.717, 1.165) is 28.2 Å². The first-order chi connectivity index (χ1) is 10.2. The number of nitrogens with one attached hydrogen (secondary N) is 1. The van der Waals surface area contributed by atoms with Crippen LogP contribution in [-0.2, 0) is 13.1 Å². The Kier molecular flexibility index (Phi) is 3.97. The molecule has 0 atom stereocenters. The van der Waals surface area contributed by atoms with Crippen molar-refractivity contribution in [3.05, 3.63) is 53.1 Å². The van der Waals surface area contributed by atoms with Crippen LogP contribution in [0.15, 0.2) is 36.4 Å². The topological polar surface area (TPSA) is 50.7 Å². The molecule has 1 aliphatic rings. The molecule has 0 aliphatic carbocycles. The molecule has 2 aromatic rings. The molecule has 0 fully saturated rings. The van der Waals surface area contributed by atoms with Gasteiger partial charge in [0.15, 0.2) is 11.5 Å². The molecule has 0 amide bonds. The van der Waals surface area contributed by atoms with Gasteiger partial charge in [0, 0.05) is 18.7 Å². The summed E-state index contributed by atoms with van der Waals surface area (Å²) in [6.45, 7) is 4.56. The Balaban J connectivity index is 1.61. The van der Waals surface area contributed by atoms with Gasteiger partial charge in [-0.3, -0.25) is 0 Å². The highest BCUT2D eigenvalue weighted by molar-refractivity contribution is 5.43. The summed E-state index contributed by atoms with van der Waals surface area (Å²) < 4.78 is 11.1. The Morgan fingerprint density at radius 1 is 1.00 bits per heavy atom. The summed E-state index contributed by atoms with van der Waals surface area (Å²) in [5.74, 6) is 1.94. The minimum absolute atomic E-state index is 0.329. The SMILES string of the molecule is Cc1ccc(O)c(CNCc2ccc3c(c2)OCCO3)c1. The van der Waals surface area contributed by atoms with Gasteiger partial charge >= 0.3 is 0 Å². The fourth-order valence-electron chi connectivity index (χ4n) is 2.40. The van der Waals surface area contributed by atoms with Crippen LogP contribution in [0.25, 0.3) is 0 Å². The van der Waals surface area contributed by atoms with Crippen molar-refractivity contribution in [1.82, 2.24) is 5.32 Å². The van der Waals surface area contributed by atoms with Gasteiger partial charge in [-0.05, 0) is 30.7 Å². The van der Waals surface area contributed by atoms with Crippen LogP contribution >= 0.6 is 0 Å². The molecule has 0 aromatic heterocycles. The lowest BCUT2D eigenvalue weighted by atomic mass is 10.1. The number of hydrogen-bond acceptors (Lipinski definition) is 4. The molecule has 4 nitrogen and oxygen atoms in total. The Labute approximate surface area is 124 Å². The maximum atomic E-state index is 9.81. The lowest BCUT2D eigenvalue weighted by Gasteiger charge is -2.19. The summed E-state index contributed by atoms with van der Waals surface area (Å²) in [6.07, 6.45) is 0. The zero-order valence-corrected chi connectivity index (χ0v) is 12.1. The number of aromatic hydroxyl groups is 1. The quantitative estimate of drug-likeness (QED) is 0.907. The molecule has 21 heavy (non-hydrogen) atoms. The smallest absolute Gasteiger partial charge is 0.161 e. The van der Waals surface area contributed by atoms with E-state index in [9.17, 15) is 5.11 Å². The summed E-state index contributed by atoms with van der Waals surface area (Å²) in [5, 5.41) is 13.2. The first-order valence-corrected chi connectivity index (χ1v) is 7.10. The Morgan fingerprint density at radius 2 is 1.81 bits per heavy atom. The van der Waals surface area contributed by atoms with Gasteiger partial charge in [0.25, 0.3) is 0 Å². The van der Waals surface area contributed by atoms with Gasteiger partial charge in [0.05, 0.1) is 0 Å². The fraction of sp³-hybridized carbons (Fsp3) is 0.294. The maximum absolute atomic E-state index is 9.81. The normalized spacial score (nSPS) is 13.2. The summed E-state index contributed by atoms with van der Waals surface area (Å²) in [6, 6.07) is 11.6. The molecule has 2 N–H and O–H groups in total. The van der Waals surface area contributed by atoms with E-state index >= 15 is 0 Å². The molecule has 110 valence electrons. The third kappa shape index (κ3) is 3.28. The molecule has 0 bridgehead atoms. The average Bonchev–Trinajstić information content (AvgIpc) is 2.50. The molecule has 3 rings (SSSR count). The Hall–Kier alpha value is -2.20. The third-order valence-corrected chi connectivity index (χ3v) is 3.49. The predicted molar refractivity (Wildman–Crippen MR) is 80.8 cm³/mol. The molecule has 0 radical (unpaired) electrons. The molecule has 2 aromatic carbocycles. The molecule has 0 unspecified atom stereocenters. The lowest BCUT2D eigenvalue weighted by molar-refractivity contribution is 0.171. The van der Waals surface area contributed by atoms with Crippen LogP contribution in [0.2, 0.25) is 0 Å². The number of fused-ring (bicyclic) bond motifs is 1. The zero-order valence-electron chi connectivity index (χ0n) is 12.1. The molecule has 0 spiro atoms. The van der Waals surface area contributed by atoms with Crippen LogP contribution in [0.3, 0.4) is 0 Å². The predicted octanol–water partition coefficient (Wildman–Crippen LogP) is 2.76. The fourth-order valence-corrected chi connectivity index (χ4v) is 2.40. The van der Waals surface area contributed by atoms with Crippen LogP contribution in [0.1, 0.15) is 16.7 Å². The minimum atomic E-state index is 0.329. The number of phenolic OH excluding ortho intramolecular Hbond substituents is 1. The number of hydrogen-bond donors (Lipinski definition) is 2. The average molecular weight is 285 g/mol. The van der Waals surface area contributed by atoms with E-state index in [4.69, 9.17) is 9.47 Å². The third-order valence-electron chi connectivity index (χ3n) is 3.49. The van der Waals surface area contributed by atoms with Gasteiger partial charge in [-0.2, -0.15) is 0 Å².